The number of nitrogens with zero attached hydrogens (tertiary/aromatic N) is 1. The van der Waals surface area contributed by atoms with Gasteiger partial charge in [0.15, 0.2) is 0 Å². The standard InChI is InChI=1S/C23H25NO4/c1-27-23(26)17-14-12-16(13-15-17)20-21(28-19-10-6-3-7-11-19)22(25)24(20)18-8-4-2-5-9-18/h3,6-7,10-15,18,20-21H,2,4-5,8-9H2,1H3. The number of hydrogen-bond donors (Lipinski definition) is 0. The number of methoxy groups -OCH3 is 1. The molecule has 0 spiro atoms. The summed E-state index contributed by atoms with van der Waals surface area (Å²) in [5.41, 5.74) is 1.49. The van der Waals surface area contributed by atoms with Gasteiger partial charge < -0.3 is 14.4 Å². The van der Waals surface area contributed by atoms with Gasteiger partial charge in [0, 0.05) is 6.04 Å². The van der Waals surface area contributed by atoms with Crippen molar-refractivity contribution >= 4 is 11.9 Å². The number of para-hydroxylation sites is 1. The first-order valence-corrected chi connectivity index (χ1v) is 9.91. The zero-order chi connectivity index (χ0) is 19.5. The van der Waals surface area contributed by atoms with Crippen molar-refractivity contribution in [1.82, 2.24) is 4.90 Å². The van der Waals surface area contributed by atoms with Crippen LogP contribution in [0.5, 0.6) is 5.75 Å². The number of rotatable bonds is 5. The largest absolute Gasteiger partial charge is 0.478 e. The molecule has 28 heavy (non-hydrogen) atoms. The molecule has 5 nitrogen and oxygen atoms in total. The lowest BCUT2D eigenvalue weighted by Crippen LogP contribution is -2.64. The number of hydrogen-bond acceptors (Lipinski definition) is 4. The predicted octanol–water partition coefficient (Wildman–Crippen LogP) is 4.14. The maximum absolute atomic E-state index is 13.0. The predicted molar refractivity (Wildman–Crippen MR) is 105 cm³/mol. The fraction of sp³-hybridized carbons (Fsp3) is 0.391. The Kier molecular flexibility index (Phi) is 5.33. The molecule has 1 aliphatic heterocycles. The molecular weight excluding hydrogens is 354 g/mol. The van der Waals surface area contributed by atoms with Crippen molar-refractivity contribution in [2.75, 3.05) is 7.11 Å². The molecule has 2 unspecified atom stereocenters. The monoisotopic (exact) mass is 379 g/mol. The fourth-order valence-electron chi connectivity index (χ4n) is 4.28. The Hall–Kier alpha value is -2.82. The first kappa shape index (κ1) is 18.5. The van der Waals surface area contributed by atoms with E-state index < -0.39 is 6.10 Å². The number of carbonyl (C=O) groups excluding carboxylic acids is 2. The van der Waals surface area contributed by atoms with Gasteiger partial charge in [-0.2, -0.15) is 0 Å². The zero-order valence-corrected chi connectivity index (χ0v) is 16.0. The third kappa shape index (κ3) is 3.49. The van der Waals surface area contributed by atoms with Crippen molar-refractivity contribution in [3.8, 4) is 5.75 Å². The van der Waals surface area contributed by atoms with Gasteiger partial charge in [-0.3, -0.25) is 4.79 Å². The Balaban J connectivity index is 1.60. The molecule has 1 heterocycles. The van der Waals surface area contributed by atoms with E-state index in [2.05, 4.69) is 0 Å². The maximum atomic E-state index is 13.0. The summed E-state index contributed by atoms with van der Waals surface area (Å²) in [6, 6.07) is 16.9. The quantitative estimate of drug-likeness (QED) is 0.579. The highest BCUT2D eigenvalue weighted by Gasteiger charge is 2.52. The number of likely N-dealkylation sites (tertiary alicyclic amines) is 1. The van der Waals surface area contributed by atoms with E-state index in [1.165, 1.54) is 13.5 Å². The fourth-order valence-corrected chi connectivity index (χ4v) is 4.28. The SMILES string of the molecule is COC(=O)c1ccc(C2C(Oc3ccccc3)C(=O)N2C2CCCCC2)cc1. The van der Waals surface area contributed by atoms with Gasteiger partial charge in [0.1, 0.15) is 11.8 Å². The molecule has 4 rings (SSSR count). The smallest absolute Gasteiger partial charge is 0.337 e. The van der Waals surface area contributed by atoms with Gasteiger partial charge in [0.25, 0.3) is 5.91 Å². The number of ether oxygens (including phenoxy) is 2. The molecule has 2 aromatic carbocycles. The summed E-state index contributed by atoms with van der Waals surface area (Å²) in [5, 5.41) is 0. The van der Waals surface area contributed by atoms with Crippen LogP contribution in [0, 0.1) is 0 Å². The summed E-state index contributed by atoms with van der Waals surface area (Å²) in [7, 11) is 1.37. The summed E-state index contributed by atoms with van der Waals surface area (Å²) in [6.07, 6.45) is 5.11. The van der Waals surface area contributed by atoms with Crippen LogP contribution < -0.4 is 4.74 Å². The Morgan fingerprint density at radius 2 is 1.64 bits per heavy atom. The summed E-state index contributed by atoms with van der Waals surface area (Å²) < 4.78 is 10.8. The molecule has 2 aromatic rings. The molecule has 2 atom stereocenters. The average Bonchev–Trinajstić information content (AvgIpc) is 2.76. The van der Waals surface area contributed by atoms with Crippen molar-refractivity contribution < 1.29 is 19.1 Å². The number of amides is 1. The van der Waals surface area contributed by atoms with Crippen molar-refractivity contribution in [2.45, 2.75) is 50.3 Å². The van der Waals surface area contributed by atoms with Crippen LogP contribution in [0.15, 0.2) is 54.6 Å². The lowest BCUT2D eigenvalue weighted by molar-refractivity contribution is -0.170. The van der Waals surface area contributed by atoms with Crippen molar-refractivity contribution in [1.29, 1.82) is 0 Å². The highest BCUT2D eigenvalue weighted by atomic mass is 16.5. The number of β-lactam (4-membered cyclic amide) rings is 1. The Labute approximate surface area is 165 Å². The van der Waals surface area contributed by atoms with Gasteiger partial charge in [-0.05, 0) is 42.7 Å². The van der Waals surface area contributed by atoms with Crippen LogP contribution in [0.4, 0.5) is 0 Å². The number of esters is 1. The number of benzene rings is 2. The maximum Gasteiger partial charge on any atom is 0.337 e. The molecule has 2 aliphatic rings. The van der Waals surface area contributed by atoms with Crippen LogP contribution in [-0.4, -0.2) is 36.0 Å². The molecule has 2 fully saturated rings. The van der Waals surface area contributed by atoms with E-state index in [1.807, 2.05) is 47.4 Å². The Morgan fingerprint density at radius 3 is 2.29 bits per heavy atom. The van der Waals surface area contributed by atoms with Crippen molar-refractivity contribution in [3.63, 3.8) is 0 Å². The molecule has 0 bridgehead atoms. The van der Waals surface area contributed by atoms with E-state index in [1.54, 1.807) is 12.1 Å². The van der Waals surface area contributed by atoms with Crippen LogP contribution in [0.3, 0.4) is 0 Å². The first-order valence-electron chi connectivity index (χ1n) is 9.91. The topological polar surface area (TPSA) is 55.8 Å². The van der Waals surface area contributed by atoms with Crippen LogP contribution >= 0.6 is 0 Å². The molecule has 0 radical (unpaired) electrons. The van der Waals surface area contributed by atoms with E-state index in [4.69, 9.17) is 9.47 Å². The Bertz CT molecular complexity index is 827. The van der Waals surface area contributed by atoms with Gasteiger partial charge in [0.05, 0.1) is 12.7 Å². The second-order valence-corrected chi connectivity index (χ2v) is 7.45. The molecule has 1 aliphatic carbocycles. The third-order valence-corrected chi connectivity index (χ3v) is 5.73. The van der Waals surface area contributed by atoms with Crippen LogP contribution in [0.25, 0.3) is 0 Å². The summed E-state index contributed by atoms with van der Waals surface area (Å²) in [6.45, 7) is 0. The van der Waals surface area contributed by atoms with Gasteiger partial charge in [-0.25, -0.2) is 4.79 Å². The van der Waals surface area contributed by atoms with Gasteiger partial charge >= 0.3 is 5.97 Å². The van der Waals surface area contributed by atoms with Crippen LogP contribution in [0.2, 0.25) is 0 Å². The zero-order valence-electron chi connectivity index (χ0n) is 16.0. The molecule has 1 saturated carbocycles. The van der Waals surface area contributed by atoms with E-state index in [0.29, 0.717) is 11.3 Å². The lowest BCUT2D eigenvalue weighted by atomic mass is 9.84. The normalized spacial score (nSPS) is 22.5. The third-order valence-electron chi connectivity index (χ3n) is 5.73. The molecule has 1 amide bonds. The summed E-state index contributed by atoms with van der Waals surface area (Å²) >= 11 is 0. The molecule has 146 valence electrons. The van der Waals surface area contributed by atoms with Gasteiger partial charge in [-0.15, -0.1) is 0 Å². The van der Waals surface area contributed by atoms with Gasteiger partial charge in [0.2, 0.25) is 6.10 Å². The van der Waals surface area contributed by atoms with E-state index >= 15 is 0 Å². The average molecular weight is 379 g/mol. The Morgan fingerprint density at radius 1 is 0.964 bits per heavy atom. The minimum absolute atomic E-state index is 0.0535. The molecule has 0 N–H and O–H groups in total. The van der Waals surface area contributed by atoms with E-state index in [9.17, 15) is 9.59 Å². The molecular formula is C23H25NO4. The van der Waals surface area contributed by atoms with Gasteiger partial charge in [-0.1, -0.05) is 49.6 Å². The highest BCUT2D eigenvalue weighted by molar-refractivity contribution is 5.91. The van der Waals surface area contributed by atoms with Crippen molar-refractivity contribution in [2.24, 2.45) is 0 Å². The lowest BCUT2D eigenvalue weighted by Gasteiger charge is -2.51. The highest BCUT2D eigenvalue weighted by Crippen LogP contribution is 2.42. The molecule has 0 aromatic heterocycles. The second kappa shape index (κ2) is 8.05. The minimum atomic E-state index is -0.534. The second-order valence-electron chi connectivity index (χ2n) is 7.45. The molecule has 5 heteroatoms. The van der Waals surface area contributed by atoms with E-state index in [0.717, 1.165) is 31.2 Å². The van der Waals surface area contributed by atoms with Crippen molar-refractivity contribution in [3.05, 3.63) is 65.7 Å². The number of carbonyl (C=O) groups is 2. The molecule has 1 saturated heterocycles. The first-order chi connectivity index (χ1) is 13.7. The summed E-state index contributed by atoms with van der Waals surface area (Å²) in [5.74, 6) is 0.385. The van der Waals surface area contributed by atoms with Crippen LogP contribution in [-0.2, 0) is 9.53 Å². The van der Waals surface area contributed by atoms with Crippen LogP contribution in [0.1, 0.15) is 54.1 Å². The van der Waals surface area contributed by atoms with E-state index in [-0.39, 0.29) is 24.0 Å². The minimum Gasteiger partial charge on any atom is -0.478 e. The summed E-state index contributed by atoms with van der Waals surface area (Å²) in [4.78, 5) is 26.7.